The Kier molecular flexibility index (Phi) is 10.6. The van der Waals surface area contributed by atoms with E-state index in [2.05, 4.69) is 24.5 Å². The Morgan fingerprint density at radius 3 is 2.40 bits per heavy atom. The summed E-state index contributed by atoms with van der Waals surface area (Å²) in [6, 6.07) is 5.82. The average Bonchev–Trinajstić information content (AvgIpc) is 2.44. The Balaban J connectivity index is 0.00000576. The standard InChI is InChI=1S/C19H32N2O3.ClH/c1-7-23-17-10-15(12-20-11-14(2)3)8-9-16(17)24-13-18(22)21-19(4,5)6;/h8-10,14,20H,7,11-13H2,1-6H3,(H,21,22);1H. The molecule has 0 aromatic heterocycles. The quantitative estimate of drug-likeness (QED) is 0.696. The minimum atomic E-state index is -0.269. The first kappa shape index (κ1) is 23.5. The van der Waals surface area contributed by atoms with E-state index in [1.807, 2.05) is 45.9 Å². The van der Waals surface area contributed by atoms with Gasteiger partial charge < -0.3 is 20.1 Å². The number of carbonyl (C=O) groups excluding carboxylic acids is 1. The summed E-state index contributed by atoms with van der Waals surface area (Å²) in [6.45, 7) is 14.4. The normalized spacial score (nSPS) is 11.0. The molecule has 0 atom stereocenters. The van der Waals surface area contributed by atoms with Gasteiger partial charge in [0.25, 0.3) is 5.91 Å². The highest BCUT2D eigenvalue weighted by Crippen LogP contribution is 2.28. The number of hydrogen-bond acceptors (Lipinski definition) is 4. The molecule has 1 rings (SSSR count). The van der Waals surface area contributed by atoms with Crippen LogP contribution in [0.3, 0.4) is 0 Å². The number of nitrogens with one attached hydrogen (secondary N) is 2. The van der Waals surface area contributed by atoms with Crippen LogP contribution in [0.5, 0.6) is 11.5 Å². The zero-order valence-electron chi connectivity index (χ0n) is 16.3. The van der Waals surface area contributed by atoms with Crippen LogP contribution in [0.1, 0.15) is 47.1 Å². The fourth-order valence-corrected chi connectivity index (χ4v) is 2.15. The topological polar surface area (TPSA) is 59.6 Å². The summed E-state index contributed by atoms with van der Waals surface area (Å²) in [5.41, 5.74) is 0.861. The second-order valence-corrected chi connectivity index (χ2v) is 7.33. The summed E-state index contributed by atoms with van der Waals surface area (Å²) in [5, 5.41) is 6.28. The lowest BCUT2D eigenvalue weighted by molar-refractivity contribution is -0.124. The Bertz CT molecular complexity index is 528. The van der Waals surface area contributed by atoms with Crippen LogP contribution in [0.4, 0.5) is 0 Å². The fourth-order valence-electron chi connectivity index (χ4n) is 2.15. The van der Waals surface area contributed by atoms with E-state index in [1.165, 1.54) is 0 Å². The molecule has 0 bridgehead atoms. The molecule has 0 radical (unpaired) electrons. The number of benzene rings is 1. The molecule has 0 heterocycles. The zero-order valence-corrected chi connectivity index (χ0v) is 17.1. The van der Waals surface area contributed by atoms with Crippen LogP contribution in [0, 0.1) is 5.92 Å². The molecule has 1 aromatic carbocycles. The molecular weight excluding hydrogens is 340 g/mol. The Labute approximate surface area is 158 Å². The molecule has 0 unspecified atom stereocenters. The van der Waals surface area contributed by atoms with Crippen LogP contribution in [0.25, 0.3) is 0 Å². The molecule has 0 aliphatic heterocycles. The molecule has 5 nitrogen and oxygen atoms in total. The molecule has 1 aromatic rings. The van der Waals surface area contributed by atoms with Crippen molar-refractivity contribution in [1.82, 2.24) is 10.6 Å². The highest BCUT2D eigenvalue weighted by molar-refractivity contribution is 5.85. The third kappa shape index (κ3) is 10.2. The molecule has 1 amide bonds. The second-order valence-electron chi connectivity index (χ2n) is 7.33. The Morgan fingerprint density at radius 1 is 1.16 bits per heavy atom. The first-order chi connectivity index (χ1) is 11.2. The van der Waals surface area contributed by atoms with E-state index in [9.17, 15) is 4.79 Å². The minimum absolute atomic E-state index is 0. The van der Waals surface area contributed by atoms with Crippen molar-refractivity contribution < 1.29 is 14.3 Å². The van der Waals surface area contributed by atoms with Gasteiger partial charge in [0, 0.05) is 12.1 Å². The van der Waals surface area contributed by atoms with Gasteiger partial charge in [-0.05, 0) is 57.9 Å². The van der Waals surface area contributed by atoms with Crippen molar-refractivity contribution >= 4 is 18.3 Å². The van der Waals surface area contributed by atoms with E-state index in [-0.39, 0.29) is 30.5 Å². The summed E-state index contributed by atoms with van der Waals surface area (Å²) < 4.78 is 11.3. The van der Waals surface area contributed by atoms with Gasteiger partial charge >= 0.3 is 0 Å². The van der Waals surface area contributed by atoms with Crippen LogP contribution >= 0.6 is 12.4 Å². The molecule has 6 heteroatoms. The van der Waals surface area contributed by atoms with Gasteiger partial charge in [-0.15, -0.1) is 12.4 Å². The van der Waals surface area contributed by atoms with Crippen LogP contribution in [-0.4, -0.2) is 31.2 Å². The summed E-state index contributed by atoms with van der Waals surface area (Å²) >= 11 is 0. The van der Waals surface area contributed by atoms with Gasteiger partial charge in [0.15, 0.2) is 18.1 Å². The van der Waals surface area contributed by atoms with Crippen LogP contribution in [-0.2, 0) is 11.3 Å². The first-order valence-electron chi connectivity index (χ1n) is 8.61. The van der Waals surface area contributed by atoms with Gasteiger partial charge in [0.1, 0.15) is 0 Å². The number of amides is 1. The van der Waals surface area contributed by atoms with Gasteiger partial charge in [0.2, 0.25) is 0 Å². The van der Waals surface area contributed by atoms with Crippen LogP contribution in [0.15, 0.2) is 18.2 Å². The van der Waals surface area contributed by atoms with Crippen molar-refractivity contribution in [2.75, 3.05) is 19.8 Å². The summed E-state index contributed by atoms with van der Waals surface area (Å²) in [6.07, 6.45) is 0. The predicted molar refractivity (Wildman–Crippen MR) is 105 cm³/mol. The van der Waals surface area contributed by atoms with Gasteiger partial charge in [0.05, 0.1) is 6.61 Å². The molecule has 0 spiro atoms. The summed E-state index contributed by atoms with van der Waals surface area (Å²) in [4.78, 5) is 11.9. The van der Waals surface area contributed by atoms with Crippen molar-refractivity contribution in [1.29, 1.82) is 0 Å². The molecule has 0 fully saturated rings. The SMILES string of the molecule is CCOc1cc(CNCC(C)C)ccc1OCC(=O)NC(C)(C)C.Cl. The number of carbonyl (C=O) groups is 1. The maximum Gasteiger partial charge on any atom is 0.258 e. The van der Waals surface area contributed by atoms with Gasteiger partial charge in [-0.1, -0.05) is 19.9 Å². The second kappa shape index (κ2) is 11.2. The maximum absolute atomic E-state index is 11.9. The van der Waals surface area contributed by atoms with E-state index in [4.69, 9.17) is 9.47 Å². The van der Waals surface area contributed by atoms with Gasteiger partial charge in [-0.3, -0.25) is 4.79 Å². The fraction of sp³-hybridized carbons (Fsp3) is 0.632. The third-order valence-corrected chi connectivity index (χ3v) is 3.06. The Hall–Kier alpha value is -1.46. The van der Waals surface area contributed by atoms with Gasteiger partial charge in [-0.2, -0.15) is 0 Å². The first-order valence-corrected chi connectivity index (χ1v) is 8.61. The molecular formula is C19H33ClN2O3. The van der Waals surface area contributed by atoms with E-state index in [0.29, 0.717) is 24.0 Å². The summed E-state index contributed by atoms with van der Waals surface area (Å²) in [7, 11) is 0. The minimum Gasteiger partial charge on any atom is -0.490 e. The Morgan fingerprint density at radius 2 is 1.84 bits per heavy atom. The largest absolute Gasteiger partial charge is 0.490 e. The molecule has 0 saturated carbocycles. The average molecular weight is 373 g/mol. The lowest BCUT2D eigenvalue weighted by atomic mass is 10.1. The molecule has 2 N–H and O–H groups in total. The van der Waals surface area contributed by atoms with E-state index < -0.39 is 0 Å². The predicted octanol–water partition coefficient (Wildman–Crippen LogP) is 3.55. The van der Waals surface area contributed by atoms with Crippen LogP contribution in [0.2, 0.25) is 0 Å². The zero-order chi connectivity index (χ0) is 18.2. The van der Waals surface area contributed by atoms with E-state index in [1.54, 1.807) is 0 Å². The molecule has 25 heavy (non-hydrogen) atoms. The number of halogens is 1. The van der Waals surface area contributed by atoms with Crippen molar-refractivity contribution in [2.45, 2.75) is 53.6 Å². The number of ether oxygens (including phenoxy) is 2. The van der Waals surface area contributed by atoms with Crippen molar-refractivity contribution in [3.8, 4) is 11.5 Å². The third-order valence-electron chi connectivity index (χ3n) is 3.06. The van der Waals surface area contributed by atoms with Crippen molar-refractivity contribution in [2.24, 2.45) is 5.92 Å². The lowest BCUT2D eigenvalue weighted by Crippen LogP contribution is -2.43. The number of hydrogen-bond donors (Lipinski definition) is 2. The van der Waals surface area contributed by atoms with Crippen molar-refractivity contribution in [3.05, 3.63) is 23.8 Å². The van der Waals surface area contributed by atoms with Gasteiger partial charge in [-0.25, -0.2) is 0 Å². The maximum atomic E-state index is 11.9. The smallest absolute Gasteiger partial charge is 0.258 e. The lowest BCUT2D eigenvalue weighted by Gasteiger charge is -2.21. The molecule has 0 saturated heterocycles. The number of rotatable bonds is 9. The highest BCUT2D eigenvalue weighted by atomic mass is 35.5. The molecule has 144 valence electrons. The van der Waals surface area contributed by atoms with Crippen molar-refractivity contribution in [3.63, 3.8) is 0 Å². The monoisotopic (exact) mass is 372 g/mol. The van der Waals surface area contributed by atoms with E-state index >= 15 is 0 Å². The molecule has 0 aliphatic carbocycles. The summed E-state index contributed by atoms with van der Waals surface area (Å²) in [5.74, 6) is 1.73. The van der Waals surface area contributed by atoms with Crippen LogP contribution < -0.4 is 20.1 Å². The molecule has 0 aliphatic rings. The van der Waals surface area contributed by atoms with E-state index in [0.717, 1.165) is 18.7 Å². The highest BCUT2D eigenvalue weighted by Gasteiger charge is 2.15.